The number of hydrogen-bond acceptors (Lipinski definition) is 5. The highest BCUT2D eigenvalue weighted by molar-refractivity contribution is 6.03. The second-order valence-corrected chi connectivity index (χ2v) is 5.91. The molecule has 142 valence electrons. The van der Waals surface area contributed by atoms with E-state index < -0.39 is 0 Å². The molecule has 2 aromatic carbocycles. The van der Waals surface area contributed by atoms with Gasteiger partial charge in [-0.25, -0.2) is 9.97 Å². The van der Waals surface area contributed by atoms with Crippen molar-refractivity contribution < 1.29 is 9.53 Å². The van der Waals surface area contributed by atoms with Crippen LogP contribution in [0.2, 0.25) is 0 Å². The lowest BCUT2D eigenvalue weighted by Crippen LogP contribution is -2.15. The molecule has 0 aliphatic carbocycles. The molecule has 0 fully saturated rings. The van der Waals surface area contributed by atoms with Crippen LogP contribution >= 0.6 is 0 Å². The van der Waals surface area contributed by atoms with Crippen LogP contribution in [0.3, 0.4) is 0 Å². The fourth-order valence-electron chi connectivity index (χ4n) is 2.54. The molecule has 0 unspecified atom stereocenters. The number of amides is 1. The molecule has 0 aliphatic rings. The first-order valence-electron chi connectivity index (χ1n) is 9.03. The third-order valence-electron chi connectivity index (χ3n) is 3.84. The predicted molar refractivity (Wildman–Crippen MR) is 112 cm³/mol. The first kappa shape index (κ1) is 19.1. The zero-order valence-corrected chi connectivity index (χ0v) is 15.7. The predicted octanol–water partition coefficient (Wildman–Crippen LogP) is 4.39. The van der Waals surface area contributed by atoms with Gasteiger partial charge in [0.1, 0.15) is 17.3 Å². The third-order valence-corrected chi connectivity index (χ3v) is 3.84. The molecular formula is C22H22N4O2. The SMILES string of the molecule is C=CCNc1cc(C(=O)Nc2ccc(OCC)cc2)nc(-c2ccccc2)n1. The standard InChI is InChI=1S/C22H22N4O2/c1-3-14-23-20-15-19(25-21(26-20)16-8-6-5-7-9-16)22(27)24-17-10-12-18(13-11-17)28-4-2/h3,5-13,15H,1,4,14H2,2H3,(H,24,27)(H,23,25,26). The molecule has 1 heterocycles. The highest BCUT2D eigenvalue weighted by Gasteiger charge is 2.13. The summed E-state index contributed by atoms with van der Waals surface area (Å²) < 4.78 is 5.42. The minimum atomic E-state index is -0.314. The zero-order chi connectivity index (χ0) is 19.8. The van der Waals surface area contributed by atoms with Crippen LogP contribution in [0.1, 0.15) is 17.4 Å². The summed E-state index contributed by atoms with van der Waals surface area (Å²) in [6.45, 7) is 6.74. The van der Waals surface area contributed by atoms with Crippen molar-refractivity contribution in [3.05, 3.63) is 79.0 Å². The van der Waals surface area contributed by atoms with Crippen molar-refractivity contribution in [3.8, 4) is 17.1 Å². The van der Waals surface area contributed by atoms with Gasteiger partial charge in [0.25, 0.3) is 5.91 Å². The number of nitrogens with one attached hydrogen (secondary N) is 2. The maximum atomic E-state index is 12.8. The minimum absolute atomic E-state index is 0.273. The van der Waals surface area contributed by atoms with Crippen molar-refractivity contribution >= 4 is 17.4 Å². The van der Waals surface area contributed by atoms with Gasteiger partial charge in [-0.15, -0.1) is 6.58 Å². The molecule has 28 heavy (non-hydrogen) atoms. The Labute approximate surface area is 164 Å². The van der Waals surface area contributed by atoms with E-state index in [1.165, 1.54) is 0 Å². The maximum Gasteiger partial charge on any atom is 0.274 e. The molecule has 2 N–H and O–H groups in total. The molecule has 3 aromatic rings. The van der Waals surface area contributed by atoms with Gasteiger partial charge in [0.05, 0.1) is 6.61 Å². The van der Waals surface area contributed by atoms with Crippen molar-refractivity contribution in [1.82, 2.24) is 9.97 Å². The molecule has 0 spiro atoms. The second kappa shape index (κ2) is 9.32. The van der Waals surface area contributed by atoms with E-state index in [-0.39, 0.29) is 11.6 Å². The summed E-state index contributed by atoms with van der Waals surface area (Å²) in [5.74, 6) is 1.48. The zero-order valence-electron chi connectivity index (χ0n) is 15.7. The average molecular weight is 374 g/mol. The minimum Gasteiger partial charge on any atom is -0.494 e. The number of nitrogens with zero attached hydrogens (tertiary/aromatic N) is 2. The van der Waals surface area contributed by atoms with Crippen molar-refractivity contribution in [2.45, 2.75) is 6.92 Å². The van der Waals surface area contributed by atoms with E-state index in [4.69, 9.17) is 4.74 Å². The van der Waals surface area contributed by atoms with Crippen LogP contribution in [0.5, 0.6) is 5.75 Å². The Morgan fingerprint density at radius 3 is 2.54 bits per heavy atom. The van der Waals surface area contributed by atoms with E-state index in [1.807, 2.05) is 49.4 Å². The number of anilines is 2. The maximum absolute atomic E-state index is 12.8. The number of carbonyl (C=O) groups is 1. The van der Waals surface area contributed by atoms with Gasteiger partial charge in [0.2, 0.25) is 0 Å². The second-order valence-electron chi connectivity index (χ2n) is 5.91. The number of hydrogen-bond donors (Lipinski definition) is 2. The largest absolute Gasteiger partial charge is 0.494 e. The van der Waals surface area contributed by atoms with Crippen LogP contribution in [0.4, 0.5) is 11.5 Å². The molecule has 0 saturated carbocycles. The van der Waals surface area contributed by atoms with Crippen LogP contribution in [-0.2, 0) is 0 Å². The summed E-state index contributed by atoms with van der Waals surface area (Å²) in [5.41, 5.74) is 1.77. The summed E-state index contributed by atoms with van der Waals surface area (Å²) >= 11 is 0. The molecule has 0 aliphatic heterocycles. The third kappa shape index (κ3) is 4.94. The van der Waals surface area contributed by atoms with E-state index in [2.05, 4.69) is 27.2 Å². The Kier molecular flexibility index (Phi) is 6.36. The highest BCUT2D eigenvalue weighted by Crippen LogP contribution is 2.20. The number of rotatable bonds is 8. The molecule has 1 amide bonds. The van der Waals surface area contributed by atoms with Crippen molar-refractivity contribution in [1.29, 1.82) is 0 Å². The van der Waals surface area contributed by atoms with Gasteiger partial charge >= 0.3 is 0 Å². The number of aromatic nitrogens is 2. The van der Waals surface area contributed by atoms with Gasteiger partial charge in [-0.05, 0) is 31.2 Å². The Hall–Kier alpha value is -3.67. The fourth-order valence-corrected chi connectivity index (χ4v) is 2.54. The smallest absolute Gasteiger partial charge is 0.274 e. The molecular weight excluding hydrogens is 352 g/mol. The molecule has 0 atom stereocenters. The van der Waals surface area contributed by atoms with Gasteiger partial charge < -0.3 is 15.4 Å². The van der Waals surface area contributed by atoms with E-state index in [9.17, 15) is 4.79 Å². The number of carbonyl (C=O) groups excluding carboxylic acids is 1. The molecule has 0 radical (unpaired) electrons. The van der Waals surface area contributed by atoms with Gasteiger partial charge in [-0.1, -0.05) is 36.4 Å². The number of ether oxygens (including phenoxy) is 1. The van der Waals surface area contributed by atoms with Crippen molar-refractivity contribution in [2.24, 2.45) is 0 Å². The highest BCUT2D eigenvalue weighted by atomic mass is 16.5. The van der Waals surface area contributed by atoms with E-state index in [0.29, 0.717) is 30.5 Å². The van der Waals surface area contributed by atoms with E-state index in [0.717, 1.165) is 11.3 Å². The average Bonchev–Trinajstić information content (AvgIpc) is 2.74. The van der Waals surface area contributed by atoms with E-state index in [1.54, 1.807) is 24.3 Å². The molecule has 0 saturated heterocycles. The van der Waals surface area contributed by atoms with Crippen LogP contribution in [0.15, 0.2) is 73.3 Å². The lowest BCUT2D eigenvalue weighted by atomic mass is 10.2. The Morgan fingerprint density at radius 1 is 1.11 bits per heavy atom. The first-order valence-corrected chi connectivity index (χ1v) is 9.03. The summed E-state index contributed by atoms with van der Waals surface area (Å²) in [6, 6.07) is 18.4. The van der Waals surface area contributed by atoms with Crippen molar-refractivity contribution in [2.75, 3.05) is 23.8 Å². The van der Waals surface area contributed by atoms with Crippen LogP contribution in [-0.4, -0.2) is 29.0 Å². The summed E-state index contributed by atoms with van der Waals surface area (Å²) in [6.07, 6.45) is 1.73. The van der Waals surface area contributed by atoms with Crippen LogP contribution in [0.25, 0.3) is 11.4 Å². The summed E-state index contributed by atoms with van der Waals surface area (Å²) in [5, 5.41) is 5.98. The molecule has 0 bridgehead atoms. The lowest BCUT2D eigenvalue weighted by molar-refractivity contribution is 0.102. The molecule has 6 heteroatoms. The monoisotopic (exact) mass is 374 g/mol. The van der Waals surface area contributed by atoms with Gasteiger partial charge in [0.15, 0.2) is 5.82 Å². The fraction of sp³-hybridized carbons (Fsp3) is 0.136. The summed E-state index contributed by atoms with van der Waals surface area (Å²) in [4.78, 5) is 21.7. The first-order chi connectivity index (χ1) is 13.7. The summed E-state index contributed by atoms with van der Waals surface area (Å²) in [7, 11) is 0. The topological polar surface area (TPSA) is 76.1 Å². The van der Waals surface area contributed by atoms with Crippen LogP contribution in [0, 0.1) is 0 Å². The van der Waals surface area contributed by atoms with Gasteiger partial charge in [-0.2, -0.15) is 0 Å². The van der Waals surface area contributed by atoms with Crippen LogP contribution < -0.4 is 15.4 Å². The quantitative estimate of drug-likeness (QED) is 0.572. The molecule has 3 rings (SSSR count). The van der Waals surface area contributed by atoms with Crippen molar-refractivity contribution in [3.63, 3.8) is 0 Å². The Balaban J connectivity index is 1.86. The lowest BCUT2D eigenvalue weighted by Gasteiger charge is -2.10. The van der Waals surface area contributed by atoms with Gasteiger partial charge in [0, 0.05) is 23.9 Å². The normalized spacial score (nSPS) is 10.2. The Morgan fingerprint density at radius 2 is 1.86 bits per heavy atom. The molecule has 1 aromatic heterocycles. The van der Waals surface area contributed by atoms with E-state index >= 15 is 0 Å². The Bertz CT molecular complexity index is 941. The number of benzene rings is 2. The molecule has 6 nitrogen and oxygen atoms in total. The van der Waals surface area contributed by atoms with Gasteiger partial charge in [-0.3, -0.25) is 4.79 Å².